The number of nitrogens with zero attached hydrogens (tertiary/aromatic N) is 1. The lowest BCUT2D eigenvalue weighted by atomic mass is 10.2. The van der Waals surface area contributed by atoms with Crippen LogP contribution in [0.5, 0.6) is 0 Å². The van der Waals surface area contributed by atoms with Gasteiger partial charge < -0.3 is 14.3 Å². The SMILES string of the molecule is Cc1ccc(C(C)NCc2ccno2)o1. The predicted octanol–water partition coefficient (Wildman–Crippen LogP) is 2.43. The molecule has 1 atom stereocenters. The topological polar surface area (TPSA) is 51.2 Å². The molecular weight excluding hydrogens is 192 g/mol. The van der Waals surface area contributed by atoms with Crippen molar-refractivity contribution in [3.05, 3.63) is 41.7 Å². The van der Waals surface area contributed by atoms with Crippen LogP contribution < -0.4 is 5.32 Å². The first-order valence-electron chi connectivity index (χ1n) is 4.95. The zero-order valence-corrected chi connectivity index (χ0v) is 8.86. The molecule has 2 heterocycles. The summed E-state index contributed by atoms with van der Waals surface area (Å²) >= 11 is 0. The van der Waals surface area contributed by atoms with Gasteiger partial charge in [-0.25, -0.2) is 0 Å². The smallest absolute Gasteiger partial charge is 0.150 e. The number of furan rings is 1. The molecule has 4 heteroatoms. The molecule has 0 amide bonds. The summed E-state index contributed by atoms with van der Waals surface area (Å²) in [7, 11) is 0. The van der Waals surface area contributed by atoms with Gasteiger partial charge in [0.05, 0.1) is 18.8 Å². The summed E-state index contributed by atoms with van der Waals surface area (Å²) < 4.78 is 10.5. The van der Waals surface area contributed by atoms with Crippen LogP contribution in [0.3, 0.4) is 0 Å². The molecule has 4 nitrogen and oxygen atoms in total. The van der Waals surface area contributed by atoms with Gasteiger partial charge in [0.25, 0.3) is 0 Å². The molecular formula is C11H14N2O2. The minimum absolute atomic E-state index is 0.170. The largest absolute Gasteiger partial charge is 0.465 e. The molecule has 2 aromatic heterocycles. The first-order valence-corrected chi connectivity index (χ1v) is 4.95. The lowest BCUT2D eigenvalue weighted by Gasteiger charge is -2.09. The molecule has 0 aliphatic heterocycles. The van der Waals surface area contributed by atoms with Crippen molar-refractivity contribution in [3.8, 4) is 0 Å². The van der Waals surface area contributed by atoms with Crippen LogP contribution in [0.1, 0.15) is 30.2 Å². The lowest BCUT2D eigenvalue weighted by Crippen LogP contribution is -2.17. The standard InChI is InChI=1S/C11H14N2O2/c1-8-3-4-11(14-8)9(2)12-7-10-5-6-13-15-10/h3-6,9,12H,7H2,1-2H3. The van der Waals surface area contributed by atoms with Gasteiger partial charge in [0.2, 0.25) is 0 Å². The molecule has 80 valence electrons. The summed E-state index contributed by atoms with van der Waals surface area (Å²) in [5.74, 6) is 2.69. The minimum atomic E-state index is 0.170. The Bertz CT molecular complexity index is 406. The van der Waals surface area contributed by atoms with Crippen molar-refractivity contribution in [1.29, 1.82) is 0 Å². The second kappa shape index (κ2) is 4.31. The van der Waals surface area contributed by atoms with E-state index in [4.69, 9.17) is 8.94 Å². The average molecular weight is 206 g/mol. The Labute approximate surface area is 88.3 Å². The van der Waals surface area contributed by atoms with Crippen molar-refractivity contribution < 1.29 is 8.94 Å². The van der Waals surface area contributed by atoms with Crippen LogP contribution in [-0.2, 0) is 6.54 Å². The molecule has 0 aliphatic carbocycles. The third-order valence-corrected chi connectivity index (χ3v) is 2.26. The van der Waals surface area contributed by atoms with E-state index in [1.165, 1.54) is 0 Å². The normalized spacial score (nSPS) is 12.9. The van der Waals surface area contributed by atoms with Gasteiger partial charge >= 0.3 is 0 Å². The quantitative estimate of drug-likeness (QED) is 0.834. The molecule has 1 unspecified atom stereocenters. The number of hydrogen-bond donors (Lipinski definition) is 1. The third-order valence-electron chi connectivity index (χ3n) is 2.26. The van der Waals surface area contributed by atoms with Crippen LogP contribution in [-0.4, -0.2) is 5.16 Å². The highest BCUT2D eigenvalue weighted by atomic mass is 16.5. The molecule has 0 aliphatic rings. The van der Waals surface area contributed by atoms with E-state index in [1.807, 2.05) is 25.1 Å². The molecule has 2 aromatic rings. The van der Waals surface area contributed by atoms with Crippen molar-refractivity contribution in [2.75, 3.05) is 0 Å². The highest BCUT2D eigenvalue weighted by molar-refractivity contribution is 5.09. The summed E-state index contributed by atoms with van der Waals surface area (Å²) in [6.45, 7) is 4.64. The van der Waals surface area contributed by atoms with Gasteiger partial charge in [-0.15, -0.1) is 0 Å². The van der Waals surface area contributed by atoms with Crippen LogP contribution >= 0.6 is 0 Å². The van der Waals surface area contributed by atoms with E-state index in [0.717, 1.165) is 17.3 Å². The van der Waals surface area contributed by atoms with Crippen molar-refractivity contribution in [2.24, 2.45) is 0 Å². The fourth-order valence-electron chi connectivity index (χ4n) is 1.37. The first kappa shape index (κ1) is 9.98. The van der Waals surface area contributed by atoms with E-state index in [0.29, 0.717) is 6.54 Å². The fourth-order valence-corrected chi connectivity index (χ4v) is 1.37. The highest BCUT2D eigenvalue weighted by Crippen LogP contribution is 2.15. The van der Waals surface area contributed by atoms with Gasteiger partial charge in [-0.2, -0.15) is 0 Å². The summed E-state index contributed by atoms with van der Waals surface area (Å²) in [5.41, 5.74) is 0. The van der Waals surface area contributed by atoms with Gasteiger partial charge in [0.15, 0.2) is 0 Å². The van der Waals surface area contributed by atoms with Crippen molar-refractivity contribution in [2.45, 2.75) is 26.4 Å². The van der Waals surface area contributed by atoms with Crippen molar-refractivity contribution in [3.63, 3.8) is 0 Å². The van der Waals surface area contributed by atoms with E-state index in [2.05, 4.69) is 17.4 Å². The van der Waals surface area contributed by atoms with Crippen LogP contribution in [0.2, 0.25) is 0 Å². The maximum Gasteiger partial charge on any atom is 0.150 e. The lowest BCUT2D eigenvalue weighted by molar-refractivity contribution is 0.353. The molecule has 0 radical (unpaired) electrons. The van der Waals surface area contributed by atoms with Crippen LogP contribution in [0.4, 0.5) is 0 Å². The molecule has 0 saturated carbocycles. The molecule has 15 heavy (non-hydrogen) atoms. The molecule has 1 N–H and O–H groups in total. The van der Waals surface area contributed by atoms with Gasteiger partial charge in [-0.3, -0.25) is 0 Å². The minimum Gasteiger partial charge on any atom is -0.465 e. The molecule has 0 aromatic carbocycles. The Kier molecular flexibility index (Phi) is 2.87. The van der Waals surface area contributed by atoms with E-state index >= 15 is 0 Å². The number of hydrogen-bond acceptors (Lipinski definition) is 4. The highest BCUT2D eigenvalue weighted by Gasteiger charge is 2.09. The number of aryl methyl sites for hydroxylation is 1. The van der Waals surface area contributed by atoms with E-state index < -0.39 is 0 Å². The second-order valence-electron chi connectivity index (χ2n) is 3.53. The zero-order chi connectivity index (χ0) is 10.7. The Balaban J connectivity index is 1.90. The maximum absolute atomic E-state index is 5.51. The Morgan fingerprint density at radius 1 is 1.40 bits per heavy atom. The number of rotatable bonds is 4. The molecule has 2 rings (SSSR count). The summed E-state index contributed by atoms with van der Waals surface area (Å²) in [6.07, 6.45) is 1.64. The van der Waals surface area contributed by atoms with E-state index in [9.17, 15) is 0 Å². The van der Waals surface area contributed by atoms with Crippen LogP contribution in [0.25, 0.3) is 0 Å². The van der Waals surface area contributed by atoms with Crippen molar-refractivity contribution in [1.82, 2.24) is 10.5 Å². The molecule has 0 bridgehead atoms. The van der Waals surface area contributed by atoms with E-state index in [-0.39, 0.29) is 6.04 Å². The van der Waals surface area contributed by atoms with Crippen molar-refractivity contribution >= 4 is 0 Å². The van der Waals surface area contributed by atoms with Crippen LogP contribution in [0, 0.1) is 6.92 Å². The predicted molar refractivity (Wildman–Crippen MR) is 55.2 cm³/mol. The average Bonchev–Trinajstić information content (AvgIpc) is 2.84. The Morgan fingerprint density at radius 2 is 2.27 bits per heavy atom. The second-order valence-corrected chi connectivity index (χ2v) is 3.53. The molecule has 0 saturated heterocycles. The van der Waals surface area contributed by atoms with Gasteiger partial charge in [-0.05, 0) is 26.0 Å². The summed E-state index contributed by atoms with van der Waals surface area (Å²) in [4.78, 5) is 0. The number of aromatic nitrogens is 1. The van der Waals surface area contributed by atoms with Gasteiger partial charge in [0, 0.05) is 6.07 Å². The van der Waals surface area contributed by atoms with Gasteiger partial charge in [0.1, 0.15) is 17.3 Å². The molecule has 0 spiro atoms. The maximum atomic E-state index is 5.51. The Morgan fingerprint density at radius 3 is 2.87 bits per heavy atom. The third kappa shape index (κ3) is 2.47. The van der Waals surface area contributed by atoms with E-state index in [1.54, 1.807) is 6.20 Å². The fraction of sp³-hybridized carbons (Fsp3) is 0.364. The summed E-state index contributed by atoms with van der Waals surface area (Å²) in [6, 6.07) is 5.95. The Hall–Kier alpha value is -1.55. The number of nitrogens with one attached hydrogen (secondary N) is 1. The van der Waals surface area contributed by atoms with Gasteiger partial charge in [-0.1, -0.05) is 5.16 Å². The monoisotopic (exact) mass is 206 g/mol. The molecule has 0 fully saturated rings. The van der Waals surface area contributed by atoms with Crippen LogP contribution in [0.15, 0.2) is 33.3 Å². The summed E-state index contributed by atoms with van der Waals surface area (Å²) in [5, 5.41) is 6.93. The first-order chi connectivity index (χ1) is 7.25. The zero-order valence-electron chi connectivity index (χ0n) is 8.86.